The molecular weight excluding hydrogens is 166 g/mol. The minimum Gasteiger partial charge on any atom is -0.506 e. The number of hydrogen-bond donors (Lipinski definition) is 1. The fraction of sp³-hybridized carbons (Fsp3) is 0.300. The molecule has 0 fully saturated rings. The summed E-state index contributed by atoms with van der Waals surface area (Å²) in [6, 6.07) is 0. The largest absolute Gasteiger partial charge is 0.506 e. The van der Waals surface area contributed by atoms with Crippen LogP contribution >= 0.6 is 0 Å². The number of aliphatic hydroxyl groups excluding tert-OH is 1. The van der Waals surface area contributed by atoms with Gasteiger partial charge in [-0.25, -0.2) is 4.98 Å². The number of allylic oxidation sites excluding steroid dienone is 2. The average molecular weight is 179 g/mol. The van der Waals surface area contributed by atoms with Crippen LogP contribution < -0.4 is 0 Å². The molecule has 0 saturated carbocycles. The molecule has 1 heterocycles. The highest BCUT2D eigenvalue weighted by Crippen LogP contribution is 2.16. The number of oxazole rings is 1. The number of hydrogen-bond acceptors (Lipinski definition) is 3. The molecule has 0 bridgehead atoms. The Morgan fingerprint density at radius 1 is 1.77 bits per heavy atom. The van der Waals surface area contributed by atoms with Crippen LogP contribution in [0.3, 0.4) is 0 Å². The topological polar surface area (TPSA) is 46.3 Å². The van der Waals surface area contributed by atoms with E-state index in [2.05, 4.69) is 11.6 Å². The molecule has 0 spiro atoms. The first-order valence-corrected chi connectivity index (χ1v) is 4.14. The molecule has 0 aliphatic rings. The first-order valence-electron chi connectivity index (χ1n) is 4.14. The van der Waals surface area contributed by atoms with Crippen molar-refractivity contribution in [1.82, 2.24) is 4.98 Å². The number of aliphatic hydroxyl groups is 1. The minimum atomic E-state index is 0.109. The maximum atomic E-state index is 9.57. The molecule has 1 aromatic rings. The number of nitrogens with zero attached hydrogens (tertiary/aromatic N) is 1. The van der Waals surface area contributed by atoms with Crippen LogP contribution in [0, 0.1) is 6.92 Å². The van der Waals surface area contributed by atoms with Gasteiger partial charge in [-0.05, 0) is 19.4 Å². The van der Waals surface area contributed by atoms with Crippen molar-refractivity contribution in [1.29, 1.82) is 0 Å². The van der Waals surface area contributed by atoms with E-state index in [-0.39, 0.29) is 5.76 Å². The summed E-state index contributed by atoms with van der Waals surface area (Å²) in [5.74, 6) is 0.718. The van der Waals surface area contributed by atoms with Gasteiger partial charge in [0.25, 0.3) is 0 Å². The van der Waals surface area contributed by atoms with E-state index in [4.69, 9.17) is 4.42 Å². The first kappa shape index (κ1) is 9.58. The van der Waals surface area contributed by atoms with Gasteiger partial charge in [0, 0.05) is 0 Å². The van der Waals surface area contributed by atoms with E-state index in [0.29, 0.717) is 11.5 Å². The van der Waals surface area contributed by atoms with Crippen molar-refractivity contribution in [3.05, 3.63) is 36.1 Å². The Hall–Kier alpha value is -1.51. The van der Waals surface area contributed by atoms with Crippen LogP contribution in [0.1, 0.15) is 24.8 Å². The molecule has 0 unspecified atom stereocenters. The quantitative estimate of drug-likeness (QED) is 0.573. The second-order valence-electron chi connectivity index (χ2n) is 2.80. The van der Waals surface area contributed by atoms with Crippen LogP contribution in [-0.4, -0.2) is 10.1 Å². The Bertz CT molecular complexity index is 336. The van der Waals surface area contributed by atoms with E-state index in [9.17, 15) is 5.11 Å². The maximum absolute atomic E-state index is 9.57. The summed E-state index contributed by atoms with van der Waals surface area (Å²) >= 11 is 0. The normalized spacial score (nSPS) is 11.7. The Labute approximate surface area is 77.4 Å². The Balaban J connectivity index is 2.91. The van der Waals surface area contributed by atoms with E-state index >= 15 is 0 Å². The molecule has 0 atom stereocenters. The van der Waals surface area contributed by atoms with Gasteiger partial charge >= 0.3 is 0 Å². The van der Waals surface area contributed by atoms with Gasteiger partial charge in [-0.2, -0.15) is 0 Å². The van der Waals surface area contributed by atoms with Crippen LogP contribution in [0.2, 0.25) is 0 Å². The van der Waals surface area contributed by atoms with Crippen molar-refractivity contribution in [2.45, 2.75) is 20.3 Å². The van der Waals surface area contributed by atoms with Crippen LogP contribution in [0.4, 0.5) is 0 Å². The zero-order valence-corrected chi connectivity index (χ0v) is 7.87. The Morgan fingerprint density at radius 2 is 2.46 bits per heavy atom. The van der Waals surface area contributed by atoms with Crippen LogP contribution in [0.25, 0.3) is 5.76 Å². The predicted octanol–water partition coefficient (Wildman–Crippen LogP) is 2.85. The summed E-state index contributed by atoms with van der Waals surface area (Å²) in [7, 11) is 0. The fourth-order valence-corrected chi connectivity index (χ4v) is 0.915. The predicted molar refractivity (Wildman–Crippen MR) is 51.3 cm³/mol. The van der Waals surface area contributed by atoms with Gasteiger partial charge in [0.05, 0.1) is 0 Å². The lowest BCUT2D eigenvalue weighted by molar-refractivity contribution is 0.499. The van der Waals surface area contributed by atoms with Gasteiger partial charge in [-0.3, -0.25) is 0 Å². The summed E-state index contributed by atoms with van der Waals surface area (Å²) in [4.78, 5) is 3.88. The average Bonchev–Trinajstić information content (AvgIpc) is 2.51. The van der Waals surface area contributed by atoms with Crippen LogP contribution in [0.15, 0.2) is 29.0 Å². The van der Waals surface area contributed by atoms with Crippen molar-refractivity contribution in [2.24, 2.45) is 0 Å². The summed E-state index contributed by atoms with van der Waals surface area (Å²) in [5.41, 5.74) is 1.34. The molecular formula is C10H13NO2. The van der Waals surface area contributed by atoms with Crippen LogP contribution in [0.5, 0.6) is 0 Å². The highest BCUT2D eigenvalue weighted by Gasteiger charge is 2.07. The summed E-state index contributed by atoms with van der Waals surface area (Å²) in [6.45, 7) is 7.48. The lowest BCUT2D eigenvalue weighted by Gasteiger charge is -1.97. The molecule has 0 radical (unpaired) electrons. The van der Waals surface area contributed by atoms with E-state index in [1.165, 1.54) is 6.39 Å². The molecule has 0 aliphatic heterocycles. The van der Waals surface area contributed by atoms with Gasteiger partial charge in [0.15, 0.2) is 6.39 Å². The van der Waals surface area contributed by atoms with Gasteiger partial charge in [-0.1, -0.05) is 19.1 Å². The van der Waals surface area contributed by atoms with Crippen molar-refractivity contribution in [3.8, 4) is 0 Å². The van der Waals surface area contributed by atoms with Gasteiger partial charge in [0.1, 0.15) is 17.2 Å². The third kappa shape index (κ3) is 2.21. The second kappa shape index (κ2) is 3.94. The molecule has 0 aromatic carbocycles. The zero-order valence-electron chi connectivity index (χ0n) is 7.87. The number of aromatic nitrogens is 1. The van der Waals surface area contributed by atoms with Gasteiger partial charge in [-0.15, -0.1) is 0 Å². The summed E-state index contributed by atoms with van der Waals surface area (Å²) < 4.78 is 4.96. The smallest absolute Gasteiger partial charge is 0.181 e. The summed E-state index contributed by atoms with van der Waals surface area (Å²) in [5, 5.41) is 9.57. The maximum Gasteiger partial charge on any atom is 0.181 e. The first-order chi connectivity index (χ1) is 6.15. The number of aryl methyl sites for hydroxylation is 1. The molecule has 0 saturated heterocycles. The molecule has 1 rings (SSSR count). The van der Waals surface area contributed by atoms with Crippen molar-refractivity contribution < 1.29 is 9.52 Å². The van der Waals surface area contributed by atoms with Crippen molar-refractivity contribution >= 4 is 5.76 Å². The molecule has 3 nitrogen and oxygen atoms in total. The standard InChI is InChI=1S/C10H13NO2/c1-4-7(2)5-9(12)10-8(3)13-6-11-10/h5-6,12H,2,4H2,1,3H3. The van der Waals surface area contributed by atoms with E-state index in [1.807, 2.05) is 6.92 Å². The van der Waals surface area contributed by atoms with E-state index < -0.39 is 0 Å². The Morgan fingerprint density at radius 3 is 2.92 bits per heavy atom. The molecule has 1 aromatic heterocycles. The second-order valence-corrected chi connectivity index (χ2v) is 2.80. The minimum absolute atomic E-state index is 0.109. The molecule has 3 heteroatoms. The molecule has 0 amide bonds. The van der Waals surface area contributed by atoms with Gasteiger partial charge < -0.3 is 9.52 Å². The lowest BCUT2D eigenvalue weighted by Crippen LogP contribution is -1.86. The molecule has 13 heavy (non-hydrogen) atoms. The SMILES string of the molecule is C=C(C=C(O)c1ncoc1C)CC. The van der Waals surface area contributed by atoms with Crippen molar-refractivity contribution in [3.63, 3.8) is 0 Å². The zero-order chi connectivity index (χ0) is 9.84. The molecule has 1 N–H and O–H groups in total. The Kier molecular flexibility index (Phi) is 2.90. The number of rotatable bonds is 3. The third-order valence-corrected chi connectivity index (χ3v) is 1.78. The molecule has 70 valence electrons. The summed E-state index contributed by atoms with van der Waals surface area (Å²) in [6.07, 6.45) is 3.72. The fourth-order valence-electron chi connectivity index (χ4n) is 0.915. The monoisotopic (exact) mass is 179 g/mol. The van der Waals surface area contributed by atoms with Gasteiger partial charge in [0.2, 0.25) is 0 Å². The van der Waals surface area contributed by atoms with Crippen LogP contribution in [-0.2, 0) is 0 Å². The highest BCUT2D eigenvalue weighted by atomic mass is 16.3. The highest BCUT2D eigenvalue weighted by molar-refractivity contribution is 5.59. The lowest BCUT2D eigenvalue weighted by atomic mass is 10.2. The van der Waals surface area contributed by atoms with Crippen molar-refractivity contribution in [2.75, 3.05) is 0 Å². The van der Waals surface area contributed by atoms with E-state index in [0.717, 1.165) is 12.0 Å². The third-order valence-electron chi connectivity index (χ3n) is 1.78. The van der Waals surface area contributed by atoms with E-state index in [1.54, 1.807) is 13.0 Å². The molecule has 0 aliphatic carbocycles.